The highest BCUT2D eigenvalue weighted by Gasteiger charge is 2.27. The van der Waals surface area contributed by atoms with E-state index in [0.29, 0.717) is 5.84 Å². The number of nitrogens with zero attached hydrogens (tertiary/aromatic N) is 2. The molecule has 0 fully saturated rings. The fourth-order valence-corrected chi connectivity index (χ4v) is 3.62. The van der Waals surface area contributed by atoms with Crippen LogP contribution in [0.1, 0.15) is 31.9 Å². The van der Waals surface area contributed by atoms with Crippen molar-refractivity contribution in [2.45, 2.75) is 27.3 Å². The van der Waals surface area contributed by atoms with Crippen molar-refractivity contribution in [3.8, 4) is 0 Å². The van der Waals surface area contributed by atoms with E-state index in [9.17, 15) is 4.39 Å². The Balaban J connectivity index is 1.97. The molecule has 1 aliphatic heterocycles. The topological polar surface area (TPSA) is 41.6 Å². The average Bonchev–Trinajstić information content (AvgIpc) is 2.70. The third-order valence-electron chi connectivity index (χ3n) is 5.34. The van der Waals surface area contributed by atoms with E-state index in [1.54, 1.807) is 12.1 Å². The number of halogens is 1. The number of amidine groups is 1. The van der Waals surface area contributed by atoms with Crippen molar-refractivity contribution in [2.24, 2.45) is 22.6 Å². The van der Waals surface area contributed by atoms with Gasteiger partial charge in [0.1, 0.15) is 11.7 Å². The van der Waals surface area contributed by atoms with Crippen LogP contribution in [0.3, 0.4) is 0 Å². The first-order valence-corrected chi connectivity index (χ1v) is 10.1. The molecule has 0 aromatic heterocycles. The summed E-state index contributed by atoms with van der Waals surface area (Å²) >= 11 is 0. The summed E-state index contributed by atoms with van der Waals surface area (Å²) < 4.78 is 13.4. The van der Waals surface area contributed by atoms with Crippen molar-refractivity contribution in [3.05, 3.63) is 89.4 Å². The maximum Gasteiger partial charge on any atom is 0.123 e. The van der Waals surface area contributed by atoms with E-state index < -0.39 is 0 Å². The summed E-state index contributed by atoms with van der Waals surface area (Å²) in [5.41, 5.74) is 11.4. The molecule has 3 rings (SSSR count). The zero-order chi connectivity index (χ0) is 21.0. The third-order valence-corrected chi connectivity index (χ3v) is 5.34. The number of nitrogens with two attached hydrogens (primary N) is 1. The summed E-state index contributed by atoms with van der Waals surface area (Å²) in [6.45, 7) is 13.1. The van der Waals surface area contributed by atoms with E-state index in [1.165, 1.54) is 17.7 Å². The molecule has 3 nitrogen and oxygen atoms in total. The Morgan fingerprint density at radius 2 is 1.83 bits per heavy atom. The molecule has 0 amide bonds. The van der Waals surface area contributed by atoms with Crippen LogP contribution in [-0.4, -0.2) is 23.8 Å². The van der Waals surface area contributed by atoms with E-state index in [1.807, 2.05) is 19.9 Å². The van der Waals surface area contributed by atoms with Gasteiger partial charge in [-0.1, -0.05) is 69.8 Å². The second-order valence-corrected chi connectivity index (χ2v) is 8.10. The lowest BCUT2D eigenvalue weighted by Crippen LogP contribution is -2.36. The van der Waals surface area contributed by atoms with Gasteiger partial charge in [-0.3, -0.25) is 4.90 Å². The Hall–Kier alpha value is -2.72. The Morgan fingerprint density at radius 1 is 1.17 bits per heavy atom. The standard InChI is InChI=1S/C25H30FN3/c1-17(2)25(27)28-24-18(3)14-29(15-20-8-6-5-7-9-20)16-23(24)19(4)21-10-12-22(26)13-11-21/h5-13,17-18H,4,14-16H2,1-3H3,(H2,27,28). The normalized spacial score (nSPS) is 18.4. The van der Waals surface area contributed by atoms with Gasteiger partial charge in [0.15, 0.2) is 0 Å². The molecule has 152 valence electrons. The van der Waals surface area contributed by atoms with E-state index in [0.717, 1.165) is 42.0 Å². The number of aliphatic imine (C=N–C) groups is 1. The molecule has 0 bridgehead atoms. The molecule has 2 N–H and O–H groups in total. The molecule has 1 atom stereocenters. The second kappa shape index (κ2) is 9.19. The van der Waals surface area contributed by atoms with Crippen LogP contribution < -0.4 is 5.73 Å². The van der Waals surface area contributed by atoms with Crippen molar-refractivity contribution in [1.82, 2.24) is 4.90 Å². The Morgan fingerprint density at radius 3 is 2.45 bits per heavy atom. The molecular formula is C25H30FN3. The van der Waals surface area contributed by atoms with Gasteiger partial charge in [0.25, 0.3) is 0 Å². The summed E-state index contributed by atoms with van der Waals surface area (Å²) in [7, 11) is 0. The first-order valence-electron chi connectivity index (χ1n) is 10.1. The molecule has 29 heavy (non-hydrogen) atoms. The molecule has 0 aliphatic carbocycles. The van der Waals surface area contributed by atoms with Gasteiger partial charge >= 0.3 is 0 Å². The van der Waals surface area contributed by atoms with Gasteiger partial charge in [-0.2, -0.15) is 0 Å². The Kier molecular flexibility index (Phi) is 6.65. The van der Waals surface area contributed by atoms with E-state index in [4.69, 9.17) is 10.7 Å². The first-order chi connectivity index (χ1) is 13.8. The lowest BCUT2D eigenvalue weighted by molar-refractivity contribution is 0.245. The maximum absolute atomic E-state index is 13.4. The summed E-state index contributed by atoms with van der Waals surface area (Å²) in [5.74, 6) is 0.780. The monoisotopic (exact) mass is 391 g/mol. The molecule has 0 spiro atoms. The summed E-state index contributed by atoms with van der Waals surface area (Å²) in [5, 5.41) is 0. The highest BCUT2D eigenvalue weighted by molar-refractivity contribution is 5.85. The summed E-state index contributed by atoms with van der Waals surface area (Å²) in [4.78, 5) is 7.23. The minimum Gasteiger partial charge on any atom is -0.387 e. The zero-order valence-corrected chi connectivity index (χ0v) is 17.5. The van der Waals surface area contributed by atoms with Crippen molar-refractivity contribution in [1.29, 1.82) is 0 Å². The molecule has 4 heteroatoms. The minimum atomic E-state index is -0.249. The van der Waals surface area contributed by atoms with E-state index in [-0.39, 0.29) is 17.7 Å². The van der Waals surface area contributed by atoms with Crippen LogP contribution in [0.4, 0.5) is 4.39 Å². The molecule has 2 aromatic carbocycles. The van der Waals surface area contributed by atoms with Crippen molar-refractivity contribution in [3.63, 3.8) is 0 Å². The Labute approximate surface area is 173 Å². The van der Waals surface area contributed by atoms with E-state index in [2.05, 4.69) is 42.7 Å². The molecule has 1 heterocycles. The summed E-state index contributed by atoms with van der Waals surface area (Å²) in [6.07, 6.45) is 0. The predicted octanol–water partition coefficient (Wildman–Crippen LogP) is 5.26. The zero-order valence-electron chi connectivity index (χ0n) is 17.5. The van der Waals surface area contributed by atoms with Gasteiger partial charge in [0.2, 0.25) is 0 Å². The molecule has 1 aliphatic rings. The minimum absolute atomic E-state index is 0.178. The van der Waals surface area contributed by atoms with Gasteiger partial charge in [0, 0.05) is 31.5 Å². The smallest absolute Gasteiger partial charge is 0.123 e. The fourth-order valence-electron chi connectivity index (χ4n) is 3.62. The molecule has 0 saturated heterocycles. The van der Waals surface area contributed by atoms with Crippen LogP contribution in [0, 0.1) is 17.7 Å². The number of hydrogen-bond acceptors (Lipinski definition) is 2. The SMILES string of the molecule is C=C(C1=C(N=C(N)C(C)C)C(C)CN(Cc2ccccc2)C1)c1ccc(F)cc1. The number of hydrogen-bond donors (Lipinski definition) is 1. The van der Waals surface area contributed by atoms with Gasteiger partial charge in [-0.15, -0.1) is 0 Å². The quantitative estimate of drug-likeness (QED) is 0.539. The third kappa shape index (κ3) is 5.21. The fraction of sp³-hybridized carbons (Fsp3) is 0.320. The molecule has 0 radical (unpaired) electrons. The highest BCUT2D eigenvalue weighted by Crippen LogP contribution is 2.34. The summed E-state index contributed by atoms with van der Waals surface area (Å²) in [6, 6.07) is 17.0. The van der Waals surface area contributed by atoms with Crippen molar-refractivity contribution < 1.29 is 4.39 Å². The van der Waals surface area contributed by atoms with Crippen LogP contribution in [0.25, 0.3) is 5.57 Å². The van der Waals surface area contributed by atoms with Crippen molar-refractivity contribution in [2.75, 3.05) is 13.1 Å². The molecule has 0 saturated carbocycles. The van der Waals surface area contributed by atoms with Crippen LogP contribution in [-0.2, 0) is 6.54 Å². The molecule has 1 unspecified atom stereocenters. The largest absolute Gasteiger partial charge is 0.387 e. The van der Waals surface area contributed by atoms with Gasteiger partial charge in [-0.05, 0) is 34.4 Å². The first kappa shape index (κ1) is 21.0. The number of benzene rings is 2. The second-order valence-electron chi connectivity index (χ2n) is 8.10. The molecular weight excluding hydrogens is 361 g/mol. The van der Waals surface area contributed by atoms with Gasteiger partial charge < -0.3 is 5.73 Å². The highest BCUT2D eigenvalue weighted by atomic mass is 19.1. The van der Waals surface area contributed by atoms with Crippen LogP contribution in [0.15, 0.2) is 77.4 Å². The predicted molar refractivity (Wildman–Crippen MR) is 120 cm³/mol. The van der Waals surface area contributed by atoms with Crippen molar-refractivity contribution >= 4 is 11.4 Å². The lowest BCUT2D eigenvalue weighted by atomic mass is 9.89. The van der Waals surface area contributed by atoms with Crippen LogP contribution in [0.5, 0.6) is 0 Å². The molecule has 2 aromatic rings. The van der Waals surface area contributed by atoms with Crippen LogP contribution in [0.2, 0.25) is 0 Å². The van der Waals surface area contributed by atoms with Gasteiger partial charge in [-0.25, -0.2) is 9.38 Å². The lowest BCUT2D eigenvalue weighted by Gasteiger charge is -2.34. The van der Waals surface area contributed by atoms with Crippen LogP contribution >= 0.6 is 0 Å². The Bertz CT molecular complexity index is 911. The maximum atomic E-state index is 13.4. The van der Waals surface area contributed by atoms with Gasteiger partial charge in [0.05, 0.1) is 5.70 Å². The average molecular weight is 392 g/mol. The van der Waals surface area contributed by atoms with E-state index >= 15 is 0 Å². The number of rotatable bonds is 6.